The van der Waals surface area contributed by atoms with E-state index in [1.165, 1.54) is 6.42 Å². The molecule has 1 saturated heterocycles. The van der Waals surface area contributed by atoms with Gasteiger partial charge in [-0.15, -0.1) is 0 Å². The molecule has 0 radical (unpaired) electrons. The summed E-state index contributed by atoms with van der Waals surface area (Å²) in [5.41, 5.74) is 2.64. The highest BCUT2D eigenvalue weighted by Crippen LogP contribution is 2.31. The maximum absolute atomic E-state index is 12.0. The molecular weight excluding hydrogens is 250 g/mol. The van der Waals surface area contributed by atoms with E-state index in [4.69, 9.17) is 0 Å². The SMILES string of the molecule is Cc1ccc(-c2c(N3CCCCC3C)c(=O)c2=O)cc1. The van der Waals surface area contributed by atoms with E-state index in [1.54, 1.807) is 0 Å². The predicted octanol–water partition coefficient (Wildman–Crippen LogP) is 2.64. The van der Waals surface area contributed by atoms with Gasteiger partial charge in [0, 0.05) is 12.6 Å². The van der Waals surface area contributed by atoms with Crippen molar-refractivity contribution in [1.82, 2.24) is 0 Å². The highest BCUT2D eigenvalue weighted by Gasteiger charge is 2.30. The van der Waals surface area contributed by atoms with E-state index in [-0.39, 0.29) is 10.9 Å². The van der Waals surface area contributed by atoms with Crippen molar-refractivity contribution < 1.29 is 0 Å². The van der Waals surface area contributed by atoms with E-state index in [2.05, 4.69) is 11.8 Å². The second kappa shape index (κ2) is 4.89. The van der Waals surface area contributed by atoms with Crippen molar-refractivity contribution in [2.45, 2.75) is 39.2 Å². The van der Waals surface area contributed by atoms with E-state index >= 15 is 0 Å². The molecule has 1 aliphatic heterocycles. The molecule has 1 unspecified atom stereocenters. The van der Waals surface area contributed by atoms with Gasteiger partial charge in [-0.1, -0.05) is 29.8 Å². The first-order valence-corrected chi connectivity index (χ1v) is 7.26. The second-order valence-corrected chi connectivity index (χ2v) is 5.79. The van der Waals surface area contributed by atoms with Gasteiger partial charge in [0.05, 0.1) is 5.56 Å². The molecule has 0 N–H and O–H groups in total. The summed E-state index contributed by atoms with van der Waals surface area (Å²) in [5, 5.41) is 0. The Kier molecular flexibility index (Phi) is 3.20. The number of benzene rings is 1. The number of anilines is 1. The van der Waals surface area contributed by atoms with Crippen LogP contribution in [0.1, 0.15) is 31.7 Å². The third-order valence-corrected chi connectivity index (χ3v) is 4.32. The van der Waals surface area contributed by atoms with Gasteiger partial charge in [0.25, 0.3) is 0 Å². The Labute approximate surface area is 118 Å². The molecule has 0 aromatic heterocycles. The Hall–Kier alpha value is -1.90. The van der Waals surface area contributed by atoms with Gasteiger partial charge in [-0.3, -0.25) is 9.59 Å². The molecule has 0 saturated carbocycles. The Bertz CT molecular complexity index is 693. The maximum atomic E-state index is 12.0. The van der Waals surface area contributed by atoms with Crippen molar-refractivity contribution in [3.8, 4) is 11.1 Å². The van der Waals surface area contributed by atoms with Gasteiger partial charge < -0.3 is 4.90 Å². The molecule has 1 atom stereocenters. The Morgan fingerprint density at radius 1 is 1.05 bits per heavy atom. The number of nitrogens with zero attached hydrogens (tertiary/aromatic N) is 1. The molecule has 3 heteroatoms. The molecule has 20 heavy (non-hydrogen) atoms. The normalized spacial score (nSPS) is 19.5. The molecule has 0 amide bonds. The monoisotopic (exact) mass is 269 g/mol. The molecule has 0 spiro atoms. The number of hydrogen-bond donors (Lipinski definition) is 0. The molecule has 0 aliphatic carbocycles. The molecule has 104 valence electrons. The third-order valence-electron chi connectivity index (χ3n) is 4.32. The third kappa shape index (κ3) is 1.98. The minimum atomic E-state index is -0.332. The summed E-state index contributed by atoms with van der Waals surface area (Å²) in [4.78, 5) is 26.1. The topological polar surface area (TPSA) is 37.4 Å². The number of rotatable bonds is 2. The zero-order chi connectivity index (χ0) is 14.3. The fourth-order valence-corrected chi connectivity index (χ4v) is 3.07. The van der Waals surface area contributed by atoms with Crippen molar-refractivity contribution in [3.63, 3.8) is 0 Å². The molecular formula is C17H19NO2. The summed E-state index contributed by atoms with van der Waals surface area (Å²) < 4.78 is 0. The highest BCUT2D eigenvalue weighted by molar-refractivity contribution is 5.83. The highest BCUT2D eigenvalue weighted by atomic mass is 16.2. The fourth-order valence-electron chi connectivity index (χ4n) is 3.07. The number of aryl methyl sites for hydroxylation is 1. The minimum Gasteiger partial charge on any atom is -0.365 e. The van der Waals surface area contributed by atoms with E-state index in [0.29, 0.717) is 17.3 Å². The van der Waals surface area contributed by atoms with Gasteiger partial charge >= 0.3 is 0 Å². The van der Waals surface area contributed by atoms with Gasteiger partial charge in [-0.2, -0.15) is 0 Å². The molecule has 3 rings (SSSR count). The summed E-state index contributed by atoms with van der Waals surface area (Å²) >= 11 is 0. The molecule has 1 heterocycles. The van der Waals surface area contributed by atoms with E-state index in [1.807, 2.05) is 31.2 Å². The molecule has 1 fully saturated rings. The standard InChI is InChI=1S/C17H19NO2/c1-11-6-8-13(9-7-11)14-15(17(20)16(14)19)18-10-4-3-5-12(18)2/h6-9,12H,3-5,10H2,1-2H3. The predicted molar refractivity (Wildman–Crippen MR) is 82.2 cm³/mol. The molecule has 0 bridgehead atoms. The zero-order valence-electron chi connectivity index (χ0n) is 12.0. The lowest BCUT2D eigenvalue weighted by Crippen LogP contribution is -2.47. The van der Waals surface area contributed by atoms with Crippen molar-refractivity contribution in [3.05, 3.63) is 50.3 Å². The van der Waals surface area contributed by atoms with E-state index < -0.39 is 0 Å². The first kappa shape index (κ1) is 13.1. The largest absolute Gasteiger partial charge is 0.365 e. The Morgan fingerprint density at radius 2 is 1.75 bits per heavy atom. The van der Waals surface area contributed by atoms with Gasteiger partial charge in [-0.25, -0.2) is 0 Å². The summed E-state index contributed by atoms with van der Waals surface area (Å²) in [6.07, 6.45) is 3.38. The fraction of sp³-hybridized carbons (Fsp3) is 0.412. The lowest BCUT2D eigenvalue weighted by Gasteiger charge is -2.36. The first-order valence-electron chi connectivity index (χ1n) is 7.26. The lowest BCUT2D eigenvalue weighted by atomic mass is 9.94. The number of piperidine rings is 1. The molecule has 3 nitrogen and oxygen atoms in total. The second-order valence-electron chi connectivity index (χ2n) is 5.79. The van der Waals surface area contributed by atoms with E-state index in [9.17, 15) is 9.59 Å². The van der Waals surface area contributed by atoms with Crippen molar-refractivity contribution in [2.75, 3.05) is 11.4 Å². The average Bonchev–Trinajstić information content (AvgIpc) is 2.46. The average molecular weight is 269 g/mol. The molecule has 2 aromatic rings. The Balaban J connectivity index is 2.05. The first-order chi connectivity index (χ1) is 9.59. The van der Waals surface area contributed by atoms with Crippen molar-refractivity contribution >= 4 is 5.69 Å². The van der Waals surface area contributed by atoms with Crippen LogP contribution in [0.5, 0.6) is 0 Å². The lowest BCUT2D eigenvalue weighted by molar-refractivity contribution is 0.483. The van der Waals surface area contributed by atoms with Crippen LogP contribution in [0.15, 0.2) is 33.9 Å². The molecule has 2 aromatic carbocycles. The minimum absolute atomic E-state index is 0.311. The summed E-state index contributed by atoms with van der Waals surface area (Å²) in [6.45, 7) is 5.03. The summed E-state index contributed by atoms with van der Waals surface area (Å²) in [7, 11) is 0. The molecule has 1 aliphatic rings. The van der Waals surface area contributed by atoms with Crippen LogP contribution in [-0.4, -0.2) is 12.6 Å². The van der Waals surface area contributed by atoms with Crippen molar-refractivity contribution in [1.29, 1.82) is 0 Å². The maximum Gasteiger partial charge on any atom is 0.250 e. The summed E-state index contributed by atoms with van der Waals surface area (Å²) in [6, 6.07) is 8.18. The zero-order valence-corrected chi connectivity index (χ0v) is 12.0. The van der Waals surface area contributed by atoms with Crippen LogP contribution in [0, 0.1) is 6.92 Å². The quantitative estimate of drug-likeness (QED) is 0.787. The van der Waals surface area contributed by atoms with Crippen LogP contribution in [0.2, 0.25) is 0 Å². The van der Waals surface area contributed by atoms with Crippen LogP contribution < -0.4 is 15.8 Å². The van der Waals surface area contributed by atoms with Crippen LogP contribution in [0.4, 0.5) is 5.69 Å². The Morgan fingerprint density at radius 3 is 2.40 bits per heavy atom. The van der Waals surface area contributed by atoms with Gasteiger partial charge in [0.15, 0.2) is 0 Å². The van der Waals surface area contributed by atoms with E-state index in [0.717, 1.165) is 30.5 Å². The van der Waals surface area contributed by atoms with Gasteiger partial charge in [0.1, 0.15) is 5.69 Å². The van der Waals surface area contributed by atoms with Crippen LogP contribution in [0.3, 0.4) is 0 Å². The van der Waals surface area contributed by atoms with Crippen LogP contribution in [0.25, 0.3) is 11.1 Å². The van der Waals surface area contributed by atoms with Gasteiger partial charge in [-0.05, 0) is 38.7 Å². The summed E-state index contributed by atoms with van der Waals surface area (Å²) in [5.74, 6) is 0. The van der Waals surface area contributed by atoms with Gasteiger partial charge in [0.2, 0.25) is 10.9 Å². The smallest absolute Gasteiger partial charge is 0.250 e. The number of hydrogen-bond acceptors (Lipinski definition) is 3. The van der Waals surface area contributed by atoms with Crippen molar-refractivity contribution in [2.24, 2.45) is 0 Å². The van der Waals surface area contributed by atoms with Crippen LogP contribution >= 0.6 is 0 Å². The van der Waals surface area contributed by atoms with Crippen LogP contribution in [-0.2, 0) is 0 Å².